The van der Waals surface area contributed by atoms with Crippen LogP contribution in [0.2, 0.25) is 0 Å². The molecule has 0 atom stereocenters. The van der Waals surface area contributed by atoms with Gasteiger partial charge in [0.2, 0.25) is 10.0 Å². The molecule has 0 spiro atoms. The minimum Gasteiger partial charge on any atom is -0.497 e. The van der Waals surface area contributed by atoms with Gasteiger partial charge in [-0.3, -0.25) is 0 Å². The maximum atomic E-state index is 12.7. The molecule has 21 heavy (non-hydrogen) atoms. The van der Waals surface area contributed by atoms with E-state index in [9.17, 15) is 8.42 Å². The average molecular weight is 315 g/mol. The Kier molecular flexibility index (Phi) is 5.08. The summed E-state index contributed by atoms with van der Waals surface area (Å²) >= 11 is 0. The number of hydrogen-bond donors (Lipinski definition) is 0. The van der Waals surface area contributed by atoms with Crippen molar-refractivity contribution < 1.29 is 22.6 Å². The van der Waals surface area contributed by atoms with Crippen LogP contribution in [0.3, 0.4) is 0 Å². The molecule has 1 aromatic carbocycles. The summed E-state index contributed by atoms with van der Waals surface area (Å²) in [6, 6.07) is 4.72. The van der Waals surface area contributed by atoms with Crippen molar-refractivity contribution in [1.82, 2.24) is 4.31 Å². The highest BCUT2D eigenvalue weighted by molar-refractivity contribution is 7.89. The molecule has 0 aromatic heterocycles. The molecule has 0 radical (unpaired) electrons. The molecule has 0 bridgehead atoms. The summed E-state index contributed by atoms with van der Waals surface area (Å²) in [5.41, 5.74) is 0. The number of rotatable bonds is 5. The molecule has 1 saturated heterocycles. The predicted molar refractivity (Wildman–Crippen MR) is 78.3 cm³/mol. The predicted octanol–water partition coefficient (Wildman–Crippen LogP) is 1.50. The van der Waals surface area contributed by atoms with Crippen molar-refractivity contribution in [2.75, 3.05) is 34.4 Å². The first kappa shape index (κ1) is 16.1. The number of piperidine rings is 1. The number of ether oxygens (including phenoxy) is 3. The highest BCUT2D eigenvalue weighted by atomic mass is 32.2. The van der Waals surface area contributed by atoms with Crippen molar-refractivity contribution >= 4 is 10.0 Å². The van der Waals surface area contributed by atoms with Crippen molar-refractivity contribution in [2.24, 2.45) is 0 Å². The Labute approximate surface area is 125 Å². The highest BCUT2D eigenvalue weighted by Crippen LogP contribution is 2.31. The molecule has 0 saturated carbocycles. The third-order valence-corrected chi connectivity index (χ3v) is 5.66. The summed E-state index contributed by atoms with van der Waals surface area (Å²) in [4.78, 5) is 0.168. The summed E-state index contributed by atoms with van der Waals surface area (Å²) in [7, 11) is 1.07. The molecule has 2 rings (SSSR count). The van der Waals surface area contributed by atoms with Gasteiger partial charge in [0.05, 0.1) is 20.3 Å². The molecule has 1 aliphatic heterocycles. The van der Waals surface area contributed by atoms with Gasteiger partial charge in [0.25, 0.3) is 0 Å². The summed E-state index contributed by atoms with van der Waals surface area (Å²) < 4.78 is 42.5. The Hall–Kier alpha value is -1.31. The SMILES string of the molecule is COc1ccc(S(=O)(=O)N2CCC(OC)CC2)c(OC)c1. The largest absolute Gasteiger partial charge is 0.497 e. The van der Waals surface area contributed by atoms with Crippen molar-refractivity contribution in [2.45, 2.75) is 23.8 Å². The van der Waals surface area contributed by atoms with Crippen molar-refractivity contribution in [3.8, 4) is 11.5 Å². The van der Waals surface area contributed by atoms with E-state index in [4.69, 9.17) is 14.2 Å². The Balaban J connectivity index is 2.27. The summed E-state index contributed by atoms with van der Waals surface area (Å²) in [6.07, 6.45) is 1.54. The van der Waals surface area contributed by atoms with Gasteiger partial charge in [-0.2, -0.15) is 4.31 Å². The van der Waals surface area contributed by atoms with Crippen molar-refractivity contribution in [3.05, 3.63) is 18.2 Å². The summed E-state index contributed by atoms with van der Waals surface area (Å²) in [6.45, 7) is 0.909. The van der Waals surface area contributed by atoms with Crippen molar-refractivity contribution in [1.29, 1.82) is 0 Å². The smallest absolute Gasteiger partial charge is 0.246 e. The van der Waals surface area contributed by atoms with Gasteiger partial charge in [0, 0.05) is 26.3 Å². The zero-order valence-electron chi connectivity index (χ0n) is 12.5. The normalized spacial score (nSPS) is 17.7. The van der Waals surface area contributed by atoms with Crippen LogP contribution in [-0.4, -0.2) is 53.2 Å². The van der Waals surface area contributed by atoms with E-state index >= 15 is 0 Å². The Morgan fingerprint density at radius 3 is 2.29 bits per heavy atom. The first-order chi connectivity index (χ1) is 10.0. The van der Waals surface area contributed by atoms with Gasteiger partial charge >= 0.3 is 0 Å². The second-order valence-electron chi connectivity index (χ2n) is 4.86. The van der Waals surface area contributed by atoms with Crippen LogP contribution in [0.15, 0.2) is 23.1 Å². The van der Waals surface area contributed by atoms with E-state index in [0.717, 1.165) is 0 Å². The molecular weight excluding hydrogens is 294 g/mol. The fourth-order valence-electron chi connectivity index (χ4n) is 2.44. The molecular formula is C14H21NO5S. The number of nitrogens with zero attached hydrogens (tertiary/aromatic N) is 1. The van der Waals surface area contributed by atoms with E-state index in [1.807, 2.05) is 0 Å². The molecule has 1 aromatic rings. The van der Waals surface area contributed by atoms with E-state index in [1.165, 1.54) is 24.6 Å². The third-order valence-electron chi connectivity index (χ3n) is 3.72. The van der Waals surface area contributed by atoms with Crippen LogP contribution in [0, 0.1) is 0 Å². The number of methoxy groups -OCH3 is 3. The lowest BCUT2D eigenvalue weighted by atomic mass is 10.1. The maximum absolute atomic E-state index is 12.7. The van der Waals surface area contributed by atoms with Crippen LogP contribution < -0.4 is 9.47 Å². The van der Waals surface area contributed by atoms with E-state index in [-0.39, 0.29) is 11.0 Å². The molecule has 1 aliphatic rings. The van der Waals surface area contributed by atoms with E-state index < -0.39 is 10.0 Å². The van der Waals surface area contributed by atoms with Gasteiger partial charge in [-0.25, -0.2) is 8.42 Å². The van der Waals surface area contributed by atoms with Crippen LogP contribution in [0.4, 0.5) is 0 Å². The topological polar surface area (TPSA) is 65.1 Å². The molecule has 0 amide bonds. The Bertz CT molecular complexity index is 579. The Morgan fingerprint density at radius 1 is 1.10 bits per heavy atom. The van der Waals surface area contributed by atoms with Gasteiger partial charge in [0.15, 0.2) is 0 Å². The minimum absolute atomic E-state index is 0.134. The first-order valence-electron chi connectivity index (χ1n) is 6.78. The number of sulfonamides is 1. The van der Waals surface area contributed by atoms with Gasteiger partial charge in [0.1, 0.15) is 16.4 Å². The van der Waals surface area contributed by atoms with Crippen LogP contribution in [0.5, 0.6) is 11.5 Å². The number of benzene rings is 1. The van der Waals surface area contributed by atoms with Gasteiger partial charge < -0.3 is 14.2 Å². The van der Waals surface area contributed by atoms with E-state index in [1.54, 1.807) is 19.2 Å². The van der Waals surface area contributed by atoms with Crippen molar-refractivity contribution in [3.63, 3.8) is 0 Å². The lowest BCUT2D eigenvalue weighted by molar-refractivity contribution is 0.0604. The van der Waals surface area contributed by atoms with Gasteiger partial charge in [-0.05, 0) is 25.0 Å². The Morgan fingerprint density at radius 2 is 1.76 bits per heavy atom. The lowest BCUT2D eigenvalue weighted by Gasteiger charge is -2.30. The van der Waals surface area contributed by atoms with Crippen LogP contribution in [0.1, 0.15) is 12.8 Å². The average Bonchev–Trinajstić information content (AvgIpc) is 2.54. The van der Waals surface area contributed by atoms with Crippen LogP contribution in [-0.2, 0) is 14.8 Å². The molecule has 0 unspecified atom stereocenters. The quantitative estimate of drug-likeness (QED) is 0.824. The monoisotopic (exact) mass is 315 g/mol. The molecule has 7 heteroatoms. The zero-order chi connectivity index (χ0) is 15.5. The molecule has 0 N–H and O–H groups in total. The fraction of sp³-hybridized carbons (Fsp3) is 0.571. The minimum atomic E-state index is -3.56. The highest BCUT2D eigenvalue weighted by Gasteiger charge is 2.31. The lowest BCUT2D eigenvalue weighted by Crippen LogP contribution is -2.40. The molecule has 1 fully saturated rings. The molecule has 0 aliphatic carbocycles. The van der Waals surface area contributed by atoms with E-state index in [2.05, 4.69) is 0 Å². The summed E-state index contributed by atoms with van der Waals surface area (Å²) in [5.74, 6) is 0.854. The fourth-order valence-corrected chi connectivity index (χ4v) is 4.04. The zero-order valence-corrected chi connectivity index (χ0v) is 13.4. The molecule has 1 heterocycles. The summed E-state index contributed by atoms with van der Waals surface area (Å²) in [5, 5.41) is 0. The molecule has 6 nitrogen and oxygen atoms in total. The van der Waals surface area contributed by atoms with E-state index in [0.29, 0.717) is 37.4 Å². The maximum Gasteiger partial charge on any atom is 0.246 e. The second-order valence-corrected chi connectivity index (χ2v) is 6.76. The second kappa shape index (κ2) is 6.64. The standard InChI is InChI=1S/C14H21NO5S/c1-18-11-6-8-15(9-7-11)21(16,17)14-5-4-12(19-2)10-13(14)20-3/h4-5,10-11H,6-9H2,1-3H3. The van der Waals surface area contributed by atoms with Crippen LogP contribution in [0.25, 0.3) is 0 Å². The van der Waals surface area contributed by atoms with Gasteiger partial charge in [-0.1, -0.05) is 0 Å². The number of hydrogen-bond acceptors (Lipinski definition) is 5. The van der Waals surface area contributed by atoms with Gasteiger partial charge in [-0.15, -0.1) is 0 Å². The third kappa shape index (κ3) is 3.30. The first-order valence-corrected chi connectivity index (χ1v) is 8.22. The molecule has 118 valence electrons. The van der Waals surface area contributed by atoms with Crippen LogP contribution >= 0.6 is 0 Å².